The highest BCUT2D eigenvalue weighted by atomic mass is 35.5. The molecule has 1 aliphatic heterocycles. The number of carbonyl (C=O) groups excluding carboxylic acids is 2. The summed E-state index contributed by atoms with van der Waals surface area (Å²) in [6, 6.07) is 2.65. The summed E-state index contributed by atoms with van der Waals surface area (Å²) in [5, 5.41) is 5.40. The van der Waals surface area contributed by atoms with Crippen molar-refractivity contribution in [3.63, 3.8) is 0 Å². The number of rotatable bonds is 2. The lowest BCUT2D eigenvalue weighted by Gasteiger charge is -2.22. The van der Waals surface area contributed by atoms with E-state index in [0.717, 1.165) is 0 Å². The first-order valence-corrected chi connectivity index (χ1v) is 5.46. The summed E-state index contributed by atoms with van der Waals surface area (Å²) < 4.78 is 0. The predicted octanol–water partition coefficient (Wildman–Crippen LogP) is 0.534. The predicted molar refractivity (Wildman–Crippen MR) is 63.5 cm³/mol. The molecule has 0 saturated carbocycles. The van der Waals surface area contributed by atoms with Crippen molar-refractivity contribution < 1.29 is 9.59 Å². The number of carbonyl (C=O) groups is 2. The number of anilines is 2. The maximum Gasteiger partial charge on any atom is 0.249 e. The number of nitrogens with zero attached hydrogens (tertiary/aromatic N) is 1. The van der Waals surface area contributed by atoms with Gasteiger partial charge in [0.05, 0.1) is 5.69 Å². The molecule has 6 nitrogen and oxygen atoms in total. The number of nitrogen functional groups attached to an aromatic ring is 1. The fourth-order valence-electron chi connectivity index (χ4n) is 1.56. The van der Waals surface area contributed by atoms with Crippen molar-refractivity contribution in [3.8, 4) is 0 Å². The molecule has 1 atom stereocenters. The van der Waals surface area contributed by atoms with Crippen LogP contribution in [0.4, 0.5) is 11.5 Å². The number of nitrogens with two attached hydrogens (primary N) is 1. The SMILES string of the molecule is Nc1ccc(Cl)nc1NC1CCC(=O)NC1=O. The number of halogens is 1. The van der Waals surface area contributed by atoms with Crippen molar-refractivity contribution in [1.29, 1.82) is 0 Å². The number of imide groups is 1. The van der Waals surface area contributed by atoms with E-state index < -0.39 is 6.04 Å². The molecule has 0 aliphatic carbocycles. The molecular formula is C10H11ClN4O2. The maximum atomic E-state index is 11.5. The van der Waals surface area contributed by atoms with Crippen molar-refractivity contribution in [2.24, 2.45) is 0 Å². The quantitative estimate of drug-likeness (QED) is 0.529. The van der Waals surface area contributed by atoms with Crippen LogP contribution in [-0.2, 0) is 9.59 Å². The van der Waals surface area contributed by atoms with E-state index in [2.05, 4.69) is 15.6 Å². The van der Waals surface area contributed by atoms with E-state index in [1.807, 2.05) is 0 Å². The lowest BCUT2D eigenvalue weighted by Crippen LogP contribution is -2.47. The highest BCUT2D eigenvalue weighted by Crippen LogP contribution is 2.20. The van der Waals surface area contributed by atoms with Crippen molar-refractivity contribution in [1.82, 2.24) is 10.3 Å². The van der Waals surface area contributed by atoms with Gasteiger partial charge in [-0.15, -0.1) is 0 Å². The van der Waals surface area contributed by atoms with Crippen LogP contribution in [0.15, 0.2) is 12.1 Å². The second-order valence-electron chi connectivity index (χ2n) is 3.72. The van der Waals surface area contributed by atoms with Crippen molar-refractivity contribution in [3.05, 3.63) is 17.3 Å². The van der Waals surface area contributed by atoms with Crippen molar-refractivity contribution >= 4 is 34.9 Å². The number of hydrogen-bond donors (Lipinski definition) is 3. The molecule has 1 aromatic heterocycles. The molecule has 0 aromatic carbocycles. The summed E-state index contributed by atoms with van der Waals surface area (Å²) in [6.45, 7) is 0. The minimum absolute atomic E-state index is 0.264. The third-order valence-corrected chi connectivity index (χ3v) is 2.65. The molecule has 1 unspecified atom stereocenters. The average molecular weight is 255 g/mol. The van der Waals surface area contributed by atoms with E-state index in [4.69, 9.17) is 17.3 Å². The molecule has 1 aromatic rings. The van der Waals surface area contributed by atoms with Gasteiger partial charge in [0.1, 0.15) is 11.2 Å². The van der Waals surface area contributed by atoms with Gasteiger partial charge in [0.25, 0.3) is 0 Å². The van der Waals surface area contributed by atoms with E-state index in [9.17, 15) is 9.59 Å². The highest BCUT2D eigenvalue weighted by Gasteiger charge is 2.27. The number of hydrogen-bond acceptors (Lipinski definition) is 5. The minimum atomic E-state index is -0.513. The number of aromatic nitrogens is 1. The number of piperidine rings is 1. The van der Waals surface area contributed by atoms with Crippen molar-refractivity contribution in [2.45, 2.75) is 18.9 Å². The Labute approximate surface area is 103 Å². The molecule has 17 heavy (non-hydrogen) atoms. The molecule has 2 rings (SSSR count). The summed E-state index contributed by atoms with van der Waals surface area (Å²) in [5.74, 6) is -0.283. The highest BCUT2D eigenvalue weighted by molar-refractivity contribution is 6.29. The Morgan fingerprint density at radius 3 is 2.94 bits per heavy atom. The Bertz CT molecular complexity index is 477. The van der Waals surface area contributed by atoms with Crippen LogP contribution in [0, 0.1) is 0 Å². The van der Waals surface area contributed by atoms with Gasteiger partial charge in [-0.2, -0.15) is 0 Å². The summed E-state index contributed by atoms with van der Waals surface area (Å²) in [6.07, 6.45) is 0.710. The smallest absolute Gasteiger partial charge is 0.249 e. The first-order valence-electron chi connectivity index (χ1n) is 5.08. The molecule has 2 heterocycles. The van der Waals surface area contributed by atoms with Gasteiger partial charge < -0.3 is 11.1 Å². The molecule has 1 aliphatic rings. The Kier molecular flexibility index (Phi) is 3.14. The molecule has 0 radical (unpaired) electrons. The molecule has 0 spiro atoms. The molecule has 90 valence electrons. The van der Waals surface area contributed by atoms with Crippen LogP contribution in [0.1, 0.15) is 12.8 Å². The van der Waals surface area contributed by atoms with Crippen LogP contribution in [0.3, 0.4) is 0 Å². The van der Waals surface area contributed by atoms with Gasteiger partial charge in [-0.05, 0) is 18.6 Å². The van der Waals surface area contributed by atoms with Crippen LogP contribution in [0.25, 0.3) is 0 Å². The lowest BCUT2D eigenvalue weighted by atomic mass is 10.1. The first kappa shape index (κ1) is 11.7. The van der Waals surface area contributed by atoms with Crippen LogP contribution in [0.5, 0.6) is 0 Å². The van der Waals surface area contributed by atoms with Gasteiger partial charge in [-0.1, -0.05) is 11.6 Å². The zero-order chi connectivity index (χ0) is 12.4. The average Bonchev–Trinajstić information content (AvgIpc) is 2.27. The molecule has 1 fully saturated rings. The van der Waals surface area contributed by atoms with E-state index in [1.165, 1.54) is 0 Å². The number of amides is 2. The fraction of sp³-hybridized carbons (Fsp3) is 0.300. The summed E-state index contributed by atoms with van der Waals surface area (Å²) in [5.41, 5.74) is 6.10. The summed E-state index contributed by atoms with van der Waals surface area (Å²) in [4.78, 5) is 26.5. The van der Waals surface area contributed by atoms with Gasteiger partial charge in [0, 0.05) is 6.42 Å². The number of nitrogens with one attached hydrogen (secondary N) is 2. The zero-order valence-electron chi connectivity index (χ0n) is 8.87. The van der Waals surface area contributed by atoms with Crippen LogP contribution >= 0.6 is 11.6 Å². The standard InChI is InChI=1S/C10H11ClN4O2/c11-7-3-1-5(12)9(14-7)13-6-2-4-8(16)15-10(6)17/h1,3,6H,2,4,12H2,(H,13,14)(H,15,16,17). The Balaban J connectivity index is 2.13. The summed E-state index contributed by atoms with van der Waals surface area (Å²) >= 11 is 5.73. The Morgan fingerprint density at radius 1 is 1.47 bits per heavy atom. The molecule has 2 amide bonds. The third-order valence-electron chi connectivity index (χ3n) is 2.44. The van der Waals surface area contributed by atoms with Gasteiger partial charge >= 0.3 is 0 Å². The van der Waals surface area contributed by atoms with Gasteiger partial charge in [0.15, 0.2) is 5.82 Å². The summed E-state index contributed by atoms with van der Waals surface area (Å²) in [7, 11) is 0. The van der Waals surface area contributed by atoms with Crippen molar-refractivity contribution in [2.75, 3.05) is 11.1 Å². The molecular weight excluding hydrogens is 244 g/mol. The Morgan fingerprint density at radius 2 is 2.24 bits per heavy atom. The normalized spacial score (nSPS) is 19.9. The lowest BCUT2D eigenvalue weighted by molar-refractivity contribution is -0.133. The van der Waals surface area contributed by atoms with E-state index >= 15 is 0 Å². The van der Waals surface area contributed by atoms with Crippen LogP contribution in [-0.4, -0.2) is 22.8 Å². The van der Waals surface area contributed by atoms with Crippen LogP contribution < -0.4 is 16.4 Å². The largest absolute Gasteiger partial charge is 0.396 e. The number of pyridine rings is 1. The molecule has 7 heteroatoms. The third kappa shape index (κ3) is 2.65. The fourth-order valence-corrected chi connectivity index (χ4v) is 1.71. The molecule has 1 saturated heterocycles. The first-order chi connectivity index (χ1) is 8.06. The topological polar surface area (TPSA) is 97.1 Å². The molecule has 4 N–H and O–H groups in total. The van der Waals surface area contributed by atoms with E-state index in [-0.39, 0.29) is 17.0 Å². The monoisotopic (exact) mass is 254 g/mol. The van der Waals surface area contributed by atoms with Crippen LogP contribution in [0.2, 0.25) is 5.15 Å². The minimum Gasteiger partial charge on any atom is -0.396 e. The second kappa shape index (κ2) is 4.58. The van der Waals surface area contributed by atoms with Gasteiger partial charge in [0.2, 0.25) is 11.8 Å². The zero-order valence-corrected chi connectivity index (χ0v) is 9.62. The maximum absolute atomic E-state index is 11.5. The molecule has 0 bridgehead atoms. The van der Waals surface area contributed by atoms with E-state index in [0.29, 0.717) is 24.3 Å². The second-order valence-corrected chi connectivity index (χ2v) is 4.11. The van der Waals surface area contributed by atoms with Gasteiger partial charge in [-0.3, -0.25) is 14.9 Å². The Hall–Kier alpha value is -1.82. The van der Waals surface area contributed by atoms with E-state index in [1.54, 1.807) is 12.1 Å². The van der Waals surface area contributed by atoms with Gasteiger partial charge in [-0.25, -0.2) is 4.98 Å².